The van der Waals surface area contributed by atoms with Crippen LogP contribution < -0.4 is 25.0 Å². The Labute approximate surface area is 187 Å². The maximum atomic E-state index is 13.4. The van der Waals surface area contributed by atoms with Crippen molar-refractivity contribution in [1.29, 1.82) is 0 Å². The van der Waals surface area contributed by atoms with E-state index in [1.807, 2.05) is 30.5 Å². The molecule has 1 unspecified atom stereocenters. The summed E-state index contributed by atoms with van der Waals surface area (Å²) in [4.78, 5) is 9.84. The Kier molecular flexibility index (Phi) is 6.68. The number of halogens is 1. The highest BCUT2D eigenvalue weighted by molar-refractivity contribution is 5.83. The lowest BCUT2D eigenvalue weighted by Crippen LogP contribution is -2.45. The van der Waals surface area contributed by atoms with Crippen LogP contribution in [-0.2, 0) is 6.42 Å². The highest BCUT2D eigenvalue weighted by atomic mass is 19.1. The van der Waals surface area contributed by atoms with Gasteiger partial charge in [-0.25, -0.2) is 4.39 Å². The number of methoxy groups -OCH3 is 2. The van der Waals surface area contributed by atoms with Gasteiger partial charge in [-0.05, 0) is 36.6 Å². The zero-order valence-corrected chi connectivity index (χ0v) is 18.7. The number of rotatable bonds is 7. The van der Waals surface area contributed by atoms with Gasteiger partial charge in [-0.15, -0.1) is 0 Å². The molecule has 2 heterocycles. The first kappa shape index (κ1) is 21.8. The number of aliphatic imine (C=N–C) groups is 1. The predicted molar refractivity (Wildman–Crippen MR) is 127 cm³/mol. The molecule has 0 amide bonds. The maximum absolute atomic E-state index is 13.4. The molecule has 8 heteroatoms. The second kappa shape index (κ2) is 9.80. The third-order valence-corrected chi connectivity index (χ3v) is 5.87. The van der Waals surface area contributed by atoms with E-state index in [9.17, 15) is 4.39 Å². The maximum Gasteiger partial charge on any atom is 0.191 e. The number of nitrogens with one attached hydrogen (secondary N) is 3. The van der Waals surface area contributed by atoms with Crippen LogP contribution >= 0.6 is 0 Å². The highest BCUT2D eigenvalue weighted by Crippen LogP contribution is 2.30. The molecule has 32 heavy (non-hydrogen) atoms. The van der Waals surface area contributed by atoms with E-state index in [2.05, 4.69) is 25.5 Å². The van der Waals surface area contributed by atoms with Crippen LogP contribution in [0.25, 0.3) is 10.9 Å². The largest absolute Gasteiger partial charge is 0.497 e. The molecule has 3 aromatic rings. The van der Waals surface area contributed by atoms with E-state index in [0.717, 1.165) is 72.1 Å². The summed E-state index contributed by atoms with van der Waals surface area (Å²) in [7, 11) is 5.11. The fourth-order valence-electron chi connectivity index (χ4n) is 4.16. The number of ether oxygens (including phenoxy) is 2. The summed E-state index contributed by atoms with van der Waals surface area (Å²) in [5, 5.41) is 7.97. The molecule has 0 spiro atoms. The van der Waals surface area contributed by atoms with E-state index in [-0.39, 0.29) is 11.9 Å². The number of hydrogen-bond donors (Lipinski definition) is 3. The summed E-state index contributed by atoms with van der Waals surface area (Å²) in [6.45, 7) is 2.54. The third-order valence-electron chi connectivity index (χ3n) is 5.87. The van der Waals surface area contributed by atoms with E-state index in [4.69, 9.17) is 9.47 Å². The number of anilines is 1. The van der Waals surface area contributed by atoms with Gasteiger partial charge in [-0.2, -0.15) is 0 Å². The van der Waals surface area contributed by atoms with Crippen molar-refractivity contribution in [2.24, 2.45) is 4.99 Å². The molecule has 0 saturated carbocycles. The summed E-state index contributed by atoms with van der Waals surface area (Å²) in [5.41, 5.74) is 3.06. The van der Waals surface area contributed by atoms with Gasteiger partial charge in [-0.1, -0.05) is 0 Å². The molecular weight excluding hydrogens is 409 g/mol. The van der Waals surface area contributed by atoms with Gasteiger partial charge in [0.15, 0.2) is 5.96 Å². The van der Waals surface area contributed by atoms with E-state index in [1.54, 1.807) is 21.3 Å². The molecule has 0 bridgehead atoms. The number of nitrogens with zero attached hydrogens (tertiary/aromatic N) is 2. The van der Waals surface area contributed by atoms with Gasteiger partial charge in [0.05, 0.1) is 14.2 Å². The normalized spacial score (nSPS) is 16.4. The van der Waals surface area contributed by atoms with E-state index in [1.165, 1.54) is 12.1 Å². The van der Waals surface area contributed by atoms with Crippen molar-refractivity contribution in [2.75, 3.05) is 45.8 Å². The molecule has 170 valence electrons. The molecule has 4 rings (SSSR count). The molecular formula is C24H30FN5O2. The van der Waals surface area contributed by atoms with Crippen molar-refractivity contribution in [2.45, 2.75) is 18.9 Å². The Morgan fingerprint density at radius 1 is 1.19 bits per heavy atom. The van der Waals surface area contributed by atoms with E-state index >= 15 is 0 Å². The van der Waals surface area contributed by atoms with Crippen molar-refractivity contribution in [3.63, 3.8) is 0 Å². The van der Waals surface area contributed by atoms with Crippen LogP contribution in [0.5, 0.6) is 11.5 Å². The van der Waals surface area contributed by atoms with Gasteiger partial charge < -0.3 is 30.0 Å². The quantitative estimate of drug-likeness (QED) is 0.389. The van der Waals surface area contributed by atoms with Gasteiger partial charge in [0.25, 0.3) is 0 Å². The van der Waals surface area contributed by atoms with Crippen LogP contribution in [0.2, 0.25) is 0 Å². The topological polar surface area (TPSA) is 73.9 Å². The van der Waals surface area contributed by atoms with Crippen LogP contribution in [0.1, 0.15) is 12.0 Å². The molecule has 2 aromatic carbocycles. The summed E-state index contributed by atoms with van der Waals surface area (Å²) in [5.74, 6) is 2.12. The number of aromatic amines is 1. The first-order valence-electron chi connectivity index (χ1n) is 10.8. The molecule has 1 aliphatic heterocycles. The number of benzene rings is 2. The van der Waals surface area contributed by atoms with Gasteiger partial charge in [0.1, 0.15) is 17.3 Å². The van der Waals surface area contributed by atoms with Crippen molar-refractivity contribution >= 4 is 22.5 Å². The lowest BCUT2D eigenvalue weighted by Gasteiger charge is -2.21. The van der Waals surface area contributed by atoms with Gasteiger partial charge in [0.2, 0.25) is 0 Å². The summed E-state index contributed by atoms with van der Waals surface area (Å²) in [6, 6.07) is 11.1. The molecule has 7 nitrogen and oxygen atoms in total. The van der Waals surface area contributed by atoms with Gasteiger partial charge in [0, 0.05) is 73.7 Å². The Morgan fingerprint density at radius 2 is 1.97 bits per heavy atom. The first-order valence-corrected chi connectivity index (χ1v) is 10.8. The second-order valence-electron chi connectivity index (χ2n) is 7.90. The Hall–Kier alpha value is -3.42. The summed E-state index contributed by atoms with van der Waals surface area (Å²) < 4.78 is 24.2. The van der Waals surface area contributed by atoms with Crippen LogP contribution in [0, 0.1) is 5.82 Å². The first-order chi connectivity index (χ1) is 15.6. The Morgan fingerprint density at radius 3 is 2.69 bits per heavy atom. The second-order valence-corrected chi connectivity index (χ2v) is 7.90. The van der Waals surface area contributed by atoms with Crippen molar-refractivity contribution in [1.82, 2.24) is 15.6 Å². The molecule has 1 saturated heterocycles. The summed E-state index contributed by atoms with van der Waals surface area (Å²) >= 11 is 0. The zero-order valence-electron chi connectivity index (χ0n) is 18.7. The van der Waals surface area contributed by atoms with Crippen LogP contribution in [0.4, 0.5) is 10.1 Å². The average molecular weight is 440 g/mol. The average Bonchev–Trinajstić information content (AvgIpc) is 3.44. The fourth-order valence-corrected chi connectivity index (χ4v) is 4.16. The smallest absolute Gasteiger partial charge is 0.191 e. The Balaban J connectivity index is 1.31. The number of hydrogen-bond acceptors (Lipinski definition) is 4. The van der Waals surface area contributed by atoms with Gasteiger partial charge >= 0.3 is 0 Å². The standard InChI is InChI=1S/C24H30FN5O2/c1-26-24(27-8-6-16-14-28-23-10-17(25)4-5-22(16)23)29-18-7-9-30(15-18)19-11-20(31-2)13-21(12-19)32-3/h4-5,10-14,18,28H,6-9,15H2,1-3H3,(H2,26,27,29). The molecule has 1 atom stereocenters. The van der Waals surface area contributed by atoms with Crippen LogP contribution in [-0.4, -0.2) is 57.9 Å². The van der Waals surface area contributed by atoms with E-state index in [0.29, 0.717) is 0 Å². The predicted octanol–water partition coefficient (Wildman–Crippen LogP) is 3.31. The van der Waals surface area contributed by atoms with Crippen molar-refractivity contribution in [3.8, 4) is 11.5 Å². The zero-order chi connectivity index (χ0) is 22.5. The van der Waals surface area contributed by atoms with Crippen LogP contribution in [0.3, 0.4) is 0 Å². The lowest BCUT2D eigenvalue weighted by molar-refractivity contribution is 0.394. The molecule has 0 aliphatic carbocycles. The lowest BCUT2D eigenvalue weighted by atomic mass is 10.1. The van der Waals surface area contributed by atoms with E-state index < -0.39 is 0 Å². The van der Waals surface area contributed by atoms with Crippen LogP contribution in [0.15, 0.2) is 47.6 Å². The molecule has 1 fully saturated rings. The third kappa shape index (κ3) is 4.90. The molecule has 0 radical (unpaired) electrons. The van der Waals surface area contributed by atoms with Crippen molar-refractivity contribution in [3.05, 3.63) is 54.0 Å². The SMILES string of the molecule is CN=C(NCCc1c[nH]c2cc(F)ccc12)NC1CCN(c2cc(OC)cc(OC)c2)C1. The number of fused-ring (bicyclic) bond motifs is 1. The van der Waals surface area contributed by atoms with Crippen molar-refractivity contribution < 1.29 is 13.9 Å². The monoisotopic (exact) mass is 439 g/mol. The summed E-state index contributed by atoms with van der Waals surface area (Å²) in [6.07, 6.45) is 3.76. The number of aromatic nitrogens is 1. The highest BCUT2D eigenvalue weighted by Gasteiger charge is 2.24. The Bertz CT molecular complexity index is 1070. The van der Waals surface area contributed by atoms with Gasteiger partial charge in [-0.3, -0.25) is 4.99 Å². The molecule has 1 aliphatic rings. The minimum absolute atomic E-state index is 0.230. The fraction of sp³-hybridized carbons (Fsp3) is 0.375. The number of guanidine groups is 1. The molecule has 1 aromatic heterocycles. The number of H-pyrrole nitrogens is 1. The minimum atomic E-state index is -0.230. The minimum Gasteiger partial charge on any atom is -0.497 e. The molecule has 3 N–H and O–H groups in total.